The number of primary amides is 1. The standard InChI is InChI=1S/C21H27N5O3/c1-26(16-5-3-2-4-15(16)22)19-9-7-14(20(23)27)21(25-19)24-13-6-8-17-18(12-13)29-11-10-28-17/h6-9,12,15-16H,2-5,10-11,22H2,1H3,(H2,23,27)(H,24,25). The van der Waals surface area contributed by atoms with Gasteiger partial charge in [-0.15, -0.1) is 0 Å². The average molecular weight is 397 g/mol. The molecule has 5 N–H and O–H groups in total. The van der Waals surface area contributed by atoms with Gasteiger partial charge in [0.05, 0.1) is 5.56 Å². The van der Waals surface area contributed by atoms with Crippen LogP contribution >= 0.6 is 0 Å². The van der Waals surface area contributed by atoms with Crippen molar-refractivity contribution in [2.75, 3.05) is 30.5 Å². The van der Waals surface area contributed by atoms with Gasteiger partial charge in [0, 0.05) is 30.9 Å². The fraction of sp³-hybridized carbons (Fsp3) is 0.429. The summed E-state index contributed by atoms with van der Waals surface area (Å²) in [4.78, 5) is 18.7. The number of anilines is 3. The molecule has 1 aliphatic carbocycles. The van der Waals surface area contributed by atoms with E-state index in [1.807, 2.05) is 31.3 Å². The van der Waals surface area contributed by atoms with Gasteiger partial charge in [-0.3, -0.25) is 4.79 Å². The Hall–Kier alpha value is -3.00. The zero-order valence-electron chi connectivity index (χ0n) is 16.6. The molecule has 2 unspecified atom stereocenters. The van der Waals surface area contributed by atoms with E-state index in [1.165, 1.54) is 0 Å². The number of rotatable bonds is 5. The Labute approximate surface area is 170 Å². The third-order valence-electron chi connectivity index (χ3n) is 5.59. The fourth-order valence-electron chi connectivity index (χ4n) is 3.99. The highest BCUT2D eigenvalue weighted by Gasteiger charge is 2.27. The Morgan fingerprint density at radius 3 is 2.66 bits per heavy atom. The Balaban J connectivity index is 1.62. The van der Waals surface area contributed by atoms with Gasteiger partial charge in [0.25, 0.3) is 5.91 Å². The summed E-state index contributed by atoms with van der Waals surface area (Å²) >= 11 is 0. The first-order valence-corrected chi connectivity index (χ1v) is 9.99. The highest BCUT2D eigenvalue weighted by molar-refractivity contribution is 5.98. The smallest absolute Gasteiger partial charge is 0.252 e. The van der Waals surface area contributed by atoms with Gasteiger partial charge in [-0.05, 0) is 37.1 Å². The van der Waals surface area contributed by atoms with Crippen LogP contribution in [0.4, 0.5) is 17.3 Å². The second-order valence-corrected chi connectivity index (χ2v) is 7.54. The van der Waals surface area contributed by atoms with Crippen molar-refractivity contribution >= 4 is 23.2 Å². The number of amides is 1. The van der Waals surface area contributed by atoms with Crippen LogP contribution in [0.5, 0.6) is 11.5 Å². The van der Waals surface area contributed by atoms with Gasteiger partial charge in [0.1, 0.15) is 24.8 Å². The molecule has 0 radical (unpaired) electrons. The molecule has 2 heterocycles. The molecule has 0 saturated heterocycles. The molecule has 8 nitrogen and oxygen atoms in total. The molecule has 29 heavy (non-hydrogen) atoms. The minimum atomic E-state index is -0.541. The summed E-state index contributed by atoms with van der Waals surface area (Å²) in [5.74, 6) is 1.97. The summed E-state index contributed by atoms with van der Waals surface area (Å²) in [5, 5.41) is 3.21. The van der Waals surface area contributed by atoms with Gasteiger partial charge in [0.15, 0.2) is 11.5 Å². The van der Waals surface area contributed by atoms with Crippen molar-refractivity contribution in [3.63, 3.8) is 0 Å². The molecule has 1 aliphatic heterocycles. The lowest BCUT2D eigenvalue weighted by Gasteiger charge is -2.36. The van der Waals surface area contributed by atoms with Crippen LogP contribution in [-0.4, -0.2) is 43.2 Å². The zero-order chi connectivity index (χ0) is 20.4. The lowest BCUT2D eigenvalue weighted by molar-refractivity contribution is 0.100. The number of nitrogens with zero attached hydrogens (tertiary/aromatic N) is 2. The Kier molecular flexibility index (Phi) is 5.44. The summed E-state index contributed by atoms with van der Waals surface area (Å²) < 4.78 is 11.2. The first-order valence-electron chi connectivity index (χ1n) is 9.99. The second kappa shape index (κ2) is 8.16. The van der Waals surface area contributed by atoms with Gasteiger partial charge in [-0.25, -0.2) is 4.98 Å². The van der Waals surface area contributed by atoms with Gasteiger partial charge < -0.3 is 31.2 Å². The second-order valence-electron chi connectivity index (χ2n) is 7.54. The number of nitrogens with two attached hydrogens (primary N) is 2. The van der Waals surface area contributed by atoms with Crippen LogP contribution in [0, 0.1) is 0 Å². The summed E-state index contributed by atoms with van der Waals surface area (Å²) in [6.07, 6.45) is 4.36. The van der Waals surface area contributed by atoms with E-state index in [0.29, 0.717) is 36.1 Å². The molecule has 4 rings (SSSR count). The normalized spacial score (nSPS) is 20.8. The summed E-state index contributed by atoms with van der Waals surface area (Å²) in [7, 11) is 2.00. The number of carbonyl (C=O) groups excluding carboxylic acids is 1. The minimum absolute atomic E-state index is 0.112. The molecular weight excluding hydrogens is 370 g/mol. The maximum atomic E-state index is 11.9. The van der Waals surface area contributed by atoms with E-state index < -0.39 is 5.91 Å². The van der Waals surface area contributed by atoms with Crippen LogP contribution in [0.2, 0.25) is 0 Å². The van der Waals surface area contributed by atoms with E-state index in [-0.39, 0.29) is 12.1 Å². The molecule has 8 heteroatoms. The summed E-state index contributed by atoms with van der Waals surface area (Å²) in [5.41, 5.74) is 13.0. The van der Waals surface area contributed by atoms with Crippen LogP contribution in [0.3, 0.4) is 0 Å². The van der Waals surface area contributed by atoms with E-state index in [0.717, 1.165) is 37.2 Å². The molecule has 2 atom stereocenters. The lowest BCUT2D eigenvalue weighted by atomic mass is 9.90. The number of likely N-dealkylation sites (N-methyl/N-ethyl adjacent to an activating group) is 1. The predicted molar refractivity (Wildman–Crippen MR) is 112 cm³/mol. The number of nitrogens with one attached hydrogen (secondary N) is 1. The number of ether oxygens (including phenoxy) is 2. The Morgan fingerprint density at radius 2 is 1.90 bits per heavy atom. The Morgan fingerprint density at radius 1 is 1.14 bits per heavy atom. The van der Waals surface area contributed by atoms with E-state index in [9.17, 15) is 4.79 Å². The van der Waals surface area contributed by atoms with E-state index >= 15 is 0 Å². The maximum Gasteiger partial charge on any atom is 0.252 e. The monoisotopic (exact) mass is 397 g/mol. The predicted octanol–water partition coefficient (Wildman–Crippen LogP) is 2.40. The van der Waals surface area contributed by atoms with Crippen molar-refractivity contribution in [3.05, 3.63) is 35.9 Å². The first-order chi connectivity index (χ1) is 14.0. The summed E-state index contributed by atoms with van der Waals surface area (Å²) in [6, 6.07) is 9.37. The molecule has 154 valence electrons. The molecule has 1 aromatic carbocycles. The quantitative estimate of drug-likeness (QED) is 0.709. The number of carbonyl (C=O) groups is 1. The van der Waals surface area contributed by atoms with Gasteiger partial charge in [0.2, 0.25) is 0 Å². The molecule has 2 aliphatic rings. The van der Waals surface area contributed by atoms with Crippen molar-refractivity contribution in [2.45, 2.75) is 37.8 Å². The molecule has 1 fully saturated rings. The highest BCUT2D eigenvalue weighted by Crippen LogP contribution is 2.34. The largest absolute Gasteiger partial charge is 0.486 e. The molecule has 1 amide bonds. The van der Waals surface area contributed by atoms with Crippen molar-refractivity contribution in [1.82, 2.24) is 4.98 Å². The molecular formula is C21H27N5O3. The minimum Gasteiger partial charge on any atom is -0.486 e. The van der Waals surface area contributed by atoms with Crippen molar-refractivity contribution in [3.8, 4) is 11.5 Å². The lowest BCUT2D eigenvalue weighted by Crippen LogP contribution is -2.48. The zero-order valence-corrected chi connectivity index (χ0v) is 16.6. The topological polar surface area (TPSA) is 116 Å². The molecule has 1 aromatic heterocycles. The van der Waals surface area contributed by atoms with Crippen LogP contribution in [0.25, 0.3) is 0 Å². The molecule has 0 spiro atoms. The van der Waals surface area contributed by atoms with Crippen LogP contribution < -0.4 is 31.2 Å². The number of pyridine rings is 1. The van der Waals surface area contributed by atoms with Gasteiger partial charge >= 0.3 is 0 Å². The molecule has 2 aromatic rings. The molecule has 1 saturated carbocycles. The van der Waals surface area contributed by atoms with E-state index in [4.69, 9.17) is 25.9 Å². The highest BCUT2D eigenvalue weighted by atomic mass is 16.6. The van der Waals surface area contributed by atoms with E-state index in [2.05, 4.69) is 10.2 Å². The van der Waals surface area contributed by atoms with Crippen molar-refractivity contribution < 1.29 is 14.3 Å². The van der Waals surface area contributed by atoms with Crippen LogP contribution in [0.1, 0.15) is 36.0 Å². The van der Waals surface area contributed by atoms with Crippen LogP contribution in [-0.2, 0) is 0 Å². The first kappa shape index (κ1) is 19.3. The molecule has 0 bridgehead atoms. The van der Waals surface area contributed by atoms with Crippen molar-refractivity contribution in [2.24, 2.45) is 11.5 Å². The average Bonchev–Trinajstić information content (AvgIpc) is 2.73. The number of hydrogen-bond acceptors (Lipinski definition) is 7. The van der Waals surface area contributed by atoms with Crippen molar-refractivity contribution in [1.29, 1.82) is 0 Å². The Bertz CT molecular complexity index is 904. The number of fused-ring (bicyclic) bond motifs is 1. The van der Waals surface area contributed by atoms with Gasteiger partial charge in [-0.1, -0.05) is 12.8 Å². The summed E-state index contributed by atoms with van der Waals surface area (Å²) in [6.45, 7) is 1.04. The SMILES string of the molecule is CN(c1ccc(C(N)=O)c(Nc2ccc3c(c2)OCCO3)n1)C1CCCCC1N. The maximum absolute atomic E-state index is 11.9. The third kappa shape index (κ3) is 4.07. The number of aromatic nitrogens is 1. The van der Waals surface area contributed by atoms with Gasteiger partial charge in [-0.2, -0.15) is 0 Å². The third-order valence-corrected chi connectivity index (χ3v) is 5.59. The number of hydrogen-bond donors (Lipinski definition) is 3. The fourth-order valence-corrected chi connectivity index (χ4v) is 3.99. The van der Waals surface area contributed by atoms with Crippen LogP contribution in [0.15, 0.2) is 30.3 Å². The number of benzene rings is 1. The van der Waals surface area contributed by atoms with E-state index in [1.54, 1.807) is 6.07 Å².